The Morgan fingerprint density at radius 2 is 1.79 bits per heavy atom. The van der Waals surface area contributed by atoms with Crippen molar-refractivity contribution in [2.24, 2.45) is 0 Å². The highest BCUT2D eigenvalue weighted by Crippen LogP contribution is 2.25. The molecule has 0 fully saturated rings. The molecule has 2 amide bonds. The van der Waals surface area contributed by atoms with Crippen LogP contribution in [0.15, 0.2) is 42.5 Å². The number of carbonyl (C=O) groups is 2. The number of aryl methyl sites for hydroxylation is 1. The summed E-state index contributed by atoms with van der Waals surface area (Å²) in [7, 11) is -3.84. The standard InChI is InChI=1S/C24H31ClFN3O4S/c1-5-6-13-27-24(31)18(3)28(15-19-8-10-20(26)11-9-19)23(30)16-29(34(4,32)33)21-12-7-17(2)22(25)14-21/h7-12,14,18H,5-6,13,15-16H2,1-4H3,(H,27,31)/t18-/m0/s1. The number of unbranched alkanes of at least 4 members (excludes halogenated alkanes) is 1. The monoisotopic (exact) mass is 511 g/mol. The normalized spacial score (nSPS) is 12.2. The molecule has 1 atom stereocenters. The van der Waals surface area contributed by atoms with E-state index in [1.807, 2.05) is 6.92 Å². The number of rotatable bonds is 11. The Labute approximate surface area is 205 Å². The van der Waals surface area contributed by atoms with Gasteiger partial charge in [0.05, 0.1) is 11.9 Å². The molecular weight excluding hydrogens is 481 g/mol. The third-order valence-electron chi connectivity index (χ3n) is 5.39. The Kier molecular flexibility index (Phi) is 9.88. The molecule has 0 aromatic heterocycles. The van der Waals surface area contributed by atoms with Crippen molar-refractivity contribution in [1.82, 2.24) is 10.2 Å². The van der Waals surface area contributed by atoms with Crippen molar-refractivity contribution in [2.45, 2.75) is 46.2 Å². The zero-order chi connectivity index (χ0) is 25.5. The Hall–Kier alpha value is -2.65. The first-order chi connectivity index (χ1) is 15.9. The van der Waals surface area contributed by atoms with Crippen molar-refractivity contribution in [1.29, 1.82) is 0 Å². The lowest BCUT2D eigenvalue weighted by Gasteiger charge is -2.31. The zero-order valence-corrected chi connectivity index (χ0v) is 21.4. The number of hydrogen-bond donors (Lipinski definition) is 1. The number of halogens is 2. The second kappa shape index (κ2) is 12.2. The number of nitrogens with one attached hydrogen (secondary N) is 1. The van der Waals surface area contributed by atoms with Crippen LogP contribution in [-0.4, -0.2) is 50.5 Å². The van der Waals surface area contributed by atoms with Crippen LogP contribution < -0.4 is 9.62 Å². The second-order valence-corrected chi connectivity index (χ2v) is 10.5. The molecule has 10 heteroatoms. The minimum Gasteiger partial charge on any atom is -0.354 e. The van der Waals surface area contributed by atoms with Crippen LogP contribution in [0.1, 0.15) is 37.8 Å². The molecule has 2 aromatic rings. The molecule has 0 aliphatic carbocycles. The summed E-state index contributed by atoms with van der Waals surface area (Å²) in [6, 6.07) is 9.41. The largest absolute Gasteiger partial charge is 0.354 e. The van der Waals surface area contributed by atoms with Gasteiger partial charge in [-0.25, -0.2) is 12.8 Å². The summed E-state index contributed by atoms with van der Waals surface area (Å²) in [5.74, 6) is -1.36. The van der Waals surface area contributed by atoms with E-state index in [9.17, 15) is 22.4 Å². The molecule has 0 aliphatic rings. The van der Waals surface area contributed by atoms with E-state index in [4.69, 9.17) is 11.6 Å². The third kappa shape index (κ3) is 7.70. The van der Waals surface area contributed by atoms with Crippen LogP contribution in [0.25, 0.3) is 0 Å². The van der Waals surface area contributed by atoms with E-state index in [0.717, 1.165) is 29.0 Å². The fraction of sp³-hybridized carbons (Fsp3) is 0.417. The van der Waals surface area contributed by atoms with Gasteiger partial charge in [0.15, 0.2) is 0 Å². The first-order valence-electron chi connectivity index (χ1n) is 11.0. The Balaban J connectivity index is 2.35. The van der Waals surface area contributed by atoms with E-state index in [-0.39, 0.29) is 18.1 Å². The van der Waals surface area contributed by atoms with Crippen molar-refractivity contribution in [3.63, 3.8) is 0 Å². The van der Waals surface area contributed by atoms with Crippen molar-refractivity contribution in [3.05, 3.63) is 64.4 Å². The Morgan fingerprint density at radius 1 is 1.15 bits per heavy atom. The molecule has 34 heavy (non-hydrogen) atoms. The fourth-order valence-corrected chi connectivity index (χ4v) is 4.27. The van der Waals surface area contributed by atoms with Gasteiger partial charge in [-0.1, -0.05) is 43.1 Å². The van der Waals surface area contributed by atoms with Crippen LogP contribution in [0.4, 0.5) is 10.1 Å². The molecule has 0 bridgehead atoms. The van der Waals surface area contributed by atoms with Gasteiger partial charge in [-0.15, -0.1) is 0 Å². The summed E-state index contributed by atoms with van der Waals surface area (Å²) in [5, 5.41) is 3.17. The fourth-order valence-electron chi connectivity index (χ4n) is 3.26. The molecule has 2 aromatic carbocycles. The van der Waals surface area contributed by atoms with Crippen LogP contribution in [0.5, 0.6) is 0 Å². The van der Waals surface area contributed by atoms with Gasteiger partial charge in [0.1, 0.15) is 18.4 Å². The van der Waals surface area contributed by atoms with Crippen LogP contribution in [0.2, 0.25) is 5.02 Å². The van der Waals surface area contributed by atoms with Crippen LogP contribution in [0, 0.1) is 12.7 Å². The maximum absolute atomic E-state index is 13.4. The second-order valence-electron chi connectivity index (χ2n) is 8.17. The van der Waals surface area contributed by atoms with Crippen molar-refractivity contribution >= 4 is 39.1 Å². The summed E-state index contributed by atoms with van der Waals surface area (Å²) in [4.78, 5) is 27.4. The topological polar surface area (TPSA) is 86.8 Å². The molecule has 0 heterocycles. The van der Waals surface area contributed by atoms with Gasteiger partial charge in [0.2, 0.25) is 21.8 Å². The minimum atomic E-state index is -3.84. The number of amides is 2. The van der Waals surface area contributed by atoms with Crippen molar-refractivity contribution < 1.29 is 22.4 Å². The van der Waals surface area contributed by atoms with E-state index in [1.54, 1.807) is 26.0 Å². The van der Waals surface area contributed by atoms with Gasteiger partial charge in [-0.2, -0.15) is 0 Å². The van der Waals surface area contributed by atoms with E-state index < -0.39 is 34.3 Å². The molecule has 0 spiro atoms. The lowest BCUT2D eigenvalue weighted by molar-refractivity contribution is -0.139. The van der Waals surface area contributed by atoms with E-state index in [0.29, 0.717) is 17.1 Å². The summed E-state index contributed by atoms with van der Waals surface area (Å²) in [6.07, 6.45) is 2.69. The molecule has 0 saturated heterocycles. The molecule has 0 unspecified atom stereocenters. The molecule has 0 saturated carbocycles. The molecule has 1 N–H and O–H groups in total. The highest BCUT2D eigenvalue weighted by Gasteiger charge is 2.30. The molecule has 7 nitrogen and oxygen atoms in total. The van der Waals surface area contributed by atoms with Crippen molar-refractivity contribution in [3.8, 4) is 0 Å². The number of hydrogen-bond acceptors (Lipinski definition) is 4. The van der Waals surface area contributed by atoms with Gasteiger partial charge in [-0.3, -0.25) is 13.9 Å². The average Bonchev–Trinajstić information content (AvgIpc) is 2.77. The highest BCUT2D eigenvalue weighted by atomic mass is 35.5. The maximum atomic E-state index is 13.4. The van der Waals surface area contributed by atoms with Gasteiger partial charge >= 0.3 is 0 Å². The summed E-state index contributed by atoms with van der Waals surface area (Å²) >= 11 is 6.18. The Bertz CT molecular complexity index is 1110. The van der Waals surface area contributed by atoms with E-state index in [1.165, 1.54) is 35.2 Å². The molecule has 0 radical (unpaired) electrons. The summed E-state index contributed by atoms with van der Waals surface area (Å²) in [5.41, 5.74) is 1.61. The quantitative estimate of drug-likeness (QED) is 0.464. The third-order valence-corrected chi connectivity index (χ3v) is 6.93. The SMILES string of the molecule is CCCCNC(=O)[C@H](C)N(Cc1ccc(F)cc1)C(=O)CN(c1ccc(C)c(Cl)c1)S(C)(=O)=O. The lowest BCUT2D eigenvalue weighted by Crippen LogP contribution is -2.51. The number of carbonyl (C=O) groups excluding carboxylic acids is 2. The summed E-state index contributed by atoms with van der Waals surface area (Å²) in [6.45, 7) is 5.31. The number of benzene rings is 2. The highest BCUT2D eigenvalue weighted by molar-refractivity contribution is 7.92. The molecule has 0 aliphatic heterocycles. The van der Waals surface area contributed by atoms with E-state index >= 15 is 0 Å². The van der Waals surface area contributed by atoms with E-state index in [2.05, 4.69) is 5.32 Å². The molecule has 186 valence electrons. The van der Waals surface area contributed by atoms with Gasteiger partial charge in [-0.05, 0) is 55.7 Å². The Morgan fingerprint density at radius 3 is 2.35 bits per heavy atom. The predicted molar refractivity (Wildman–Crippen MR) is 133 cm³/mol. The predicted octanol–water partition coefficient (Wildman–Crippen LogP) is 3.89. The average molecular weight is 512 g/mol. The van der Waals surface area contributed by atoms with Gasteiger partial charge in [0, 0.05) is 18.1 Å². The summed E-state index contributed by atoms with van der Waals surface area (Å²) < 4.78 is 39.4. The minimum absolute atomic E-state index is 0.00767. The molecular formula is C24H31ClFN3O4S. The van der Waals surface area contributed by atoms with Gasteiger partial charge < -0.3 is 10.2 Å². The van der Waals surface area contributed by atoms with Gasteiger partial charge in [0.25, 0.3) is 0 Å². The maximum Gasteiger partial charge on any atom is 0.244 e. The smallest absolute Gasteiger partial charge is 0.244 e. The molecule has 2 rings (SSSR count). The first-order valence-corrected chi connectivity index (χ1v) is 13.2. The van der Waals surface area contributed by atoms with Crippen LogP contribution in [-0.2, 0) is 26.2 Å². The number of sulfonamides is 1. The lowest BCUT2D eigenvalue weighted by atomic mass is 10.1. The van der Waals surface area contributed by atoms with Crippen LogP contribution >= 0.6 is 11.6 Å². The number of anilines is 1. The number of nitrogens with zero attached hydrogens (tertiary/aromatic N) is 2. The van der Waals surface area contributed by atoms with Crippen LogP contribution in [0.3, 0.4) is 0 Å². The zero-order valence-electron chi connectivity index (χ0n) is 19.8. The first kappa shape index (κ1) is 27.6. The van der Waals surface area contributed by atoms with Crippen molar-refractivity contribution in [2.75, 3.05) is 23.7 Å².